The molecule has 21 heavy (non-hydrogen) atoms. The third kappa shape index (κ3) is 2.88. The van der Waals surface area contributed by atoms with Gasteiger partial charge in [-0.3, -0.25) is 4.90 Å². The number of nitrogens with zero attached hydrogens (tertiary/aromatic N) is 3. The lowest BCUT2D eigenvalue weighted by Gasteiger charge is -2.42. The summed E-state index contributed by atoms with van der Waals surface area (Å²) >= 11 is 3.67. The molecule has 7 heteroatoms. The zero-order valence-electron chi connectivity index (χ0n) is 11.6. The Bertz CT molecular complexity index is 585. The van der Waals surface area contributed by atoms with Crippen molar-refractivity contribution < 1.29 is 9.26 Å². The molecule has 2 aromatic rings. The lowest BCUT2D eigenvalue weighted by atomic mass is 10.1. The molecule has 0 N–H and O–H groups in total. The molecule has 112 valence electrons. The normalized spacial score (nSPS) is 26.7. The van der Waals surface area contributed by atoms with E-state index in [9.17, 15) is 0 Å². The van der Waals surface area contributed by atoms with Gasteiger partial charge in [0.05, 0.1) is 18.7 Å². The van der Waals surface area contributed by atoms with Gasteiger partial charge in [0.2, 0.25) is 0 Å². The van der Waals surface area contributed by atoms with Crippen LogP contribution in [0, 0.1) is 0 Å². The van der Waals surface area contributed by atoms with Crippen LogP contribution in [0.15, 0.2) is 21.3 Å². The first-order chi connectivity index (χ1) is 10.4. The molecule has 0 aromatic carbocycles. The van der Waals surface area contributed by atoms with E-state index in [0.717, 1.165) is 49.9 Å². The van der Waals surface area contributed by atoms with E-state index in [-0.39, 0.29) is 0 Å². The van der Waals surface area contributed by atoms with Gasteiger partial charge < -0.3 is 9.26 Å². The number of aromatic nitrogens is 2. The fourth-order valence-corrected chi connectivity index (χ4v) is 4.96. The van der Waals surface area contributed by atoms with Crippen molar-refractivity contribution in [1.82, 2.24) is 15.0 Å². The first-order valence-corrected chi connectivity index (χ1v) is 9.18. The first-order valence-electron chi connectivity index (χ1n) is 7.19. The fraction of sp³-hybridized carbons (Fsp3) is 0.571. The van der Waals surface area contributed by atoms with E-state index in [1.54, 1.807) is 11.3 Å². The Morgan fingerprint density at radius 1 is 1.43 bits per heavy atom. The molecule has 2 fully saturated rings. The van der Waals surface area contributed by atoms with Crippen LogP contribution in [0.2, 0.25) is 0 Å². The fourth-order valence-electron chi connectivity index (χ4n) is 2.96. The molecule has 0 saturated carbocycles. The van der Waals surface area contributed by atoms with Gasteiger partial charge in [0, 0.05) is 35.6 Å². The number of fused-ring (bicyclic) bond motifs is 1. The Kier molecular flexibility index (Phi) is 3.98. The first kappa shape index (κ1) is 13.8. The van der Waals surface area contributed by atoms with Gasteiger partial charge in [-0.05, 0) is 17.9 Å². The highest BCUT2D eigenvalue weighted by Gasteiger charge is 2.34. The van der Waals surface area contributed by atoms with E-state index in [4.69, 9.17) is 9.26 Å². The van der Waals surface area contributed by atoms with Crippen molar-refractivity contribution in [2.45, 2.75) is 24.3 Å². The third-order valence-corrected chi connectivity index (χ3v) is 6.01. The minimum atomic E-state index is 0.584. The van der Waals surface area contributed by atoms with Crippen LogP contribution in [0.25, 0.3) is 11.5 Å². The maximum Gasteiger partial charge on any atom is 0.258 e. The maximum absolute atomic E-state index is 5.59. The van der Waals surface area contributed by atoms with E-state index in [1.165, 1.54) is 0 Å². The van der Waals surface area contributed by atoms with Crippen LogP contribution in [-0.2, 0) is 11.3 Å². The van der Waals surface area contributed by atoms with Gasteiger partial charge in [-0.25, -0.2) is 0 Å². The molecule has 4 rings (SSSR count). The van der Waals surface area contributed by atoms with Gasteiger partial charge >= 0.3 is 0 Å². The highest BCUT2D eigenvalue weighted by atomic mass is 32.2. The molecule has 2 saturated heterocycles. The summed E-state index contributed by atoms with van der Waals surface area (Å²) in [6, 6.07) is 2.59. The molecule has 0 aliphatic carbocycles. The largest absolute Gasteiger partial charge is 0.380 e. The van der Waals surface area contributed by atoms with Crippen molar-refractivity contribution in [2.24, 2.45) is 0 Å². The second-order valence-electron chi connectivity index (χ2n) is 5.34. The van der Waals surface area contributed by atoms with E-state index < -0.39 is 0 Å². The summed E-state index contributed by atoms with van der Waals surface area (Å²) in [6.07, 6.45) is 1.10. The van der Waals surface area contributed by atoms with Crippen molar-refractivity contribution in [3.63, 3.8) is 0 Å². The summed E-state index contributed by atoms with van der Waals surface area (Å²) in [7, 11) is 0. The average Bonchev–Trinajstić information content (AvgIpc) is 3.18. The molecule has 2 unspecified atom stereocenters. The van der Waals surface area contributed by atoms with Crippen molar-refractivity contribution in [3.8, 4) is 11.5 Å². The van der Waals surface area contributed by atoms with E-state index in [2.05, 4.69) is 15.0 Å². The van der Waals surface area contributed by atoms with Crippen molar-refractivity contribution >= 4 is 23.1 Å². The third-order valence-electron chi connectivity index (χ3n) is 4.03. The number of ether oxygens (including phenoxy) is 1. The van der Waals surface area contributed by atoms with Crippen LogP contribution >= 0.6 is 23.1 Å². The Morgan fingerprint density at radius 3 is 3.33 bits per heavy atom. The summed E-state index contributed by atoms with van der Waals surface area (Å²) in [5.74, 6) is 2.56. The lowest BCUT2D eigenvalue weighted by molar-refractivity contribution is 0.0340. The predicted molar refractivity (Wildman–Crippen MR) is 83.5 cm³/mol. The zero-order chi connectivity index (χ0) is 14.1. The molecule has 2 aliphatic heterocycles. The van der Waals surface area contributed by atoms with Gasteiger partial charge in [-0.1, -0.05) is 5.16 Å². The number of thioether (sulfide) groups is 1. The zero-order valence-corrected chi connectivity index (χ0v) is 13.2. The molecule has 0 spiro atoms. The molecule has 5 nitrogen and oxygen atoms in total. The van der Waals surface area contributed by atoms with E-state index in [1.807, 2.05) is 28.6 Å². The standard InChI is InChI=1S/C14H17N3O2S2/c1-4-18-8-12-11(1)17(3-6-21-12)7-13-15-14(19-16-13)10-2-5-20-9-10/h2,5,9,11-12H,1,3-4,6-8H2. The van der Waals surface area contributed by atoms with Crippen LogP contribution in [0.1, 0.15) is 12.2 Å². The Hall–Kier alpha value is -0.890. The second-order valence-corrected chi connectivity index (χ2v) is 7.47. The van der Waals surface area contributed by atoms with Crippen molar-refractivity contribution in [3.05, 3.63) is 22.7 Å². The smallest absolute Gasteiger partial charge is 0.258 e. The molecule has 2 aromatic heterocycles. The quantitative estimate of drug-likeness (QED) is 0.865. The molecule has 0 bridgehead atoms. The SMILES string of the molecule is c1cc(-c2nc(CN3CCSC4COCCC43)no2)cs1. The van der Waals surface area contributed by atoms with Gasteiger partial charge in [0.25, 0.3) is 5.89 Å². The summed E-state index contributed by atoms with van der Waals surface area (Å²) in [4.78, 5) is 7.03. The van der Waals surface area contributed by atoms with Crippen LogP contribution in [-0.4, -0.2) is 51.8 Å². The molecule has 0 amide bonds. The highest BCUT2D eigenvalue weighted by Crippen LogP contribution is 2.31. The topological polar surface area (TPSA) is 51.4 Å². The van der Waals surface area contributed by atoms with Gasteiger partial charge in [0.1, 0.15) is 0 Å². The Labute approximate surface area is 131 Å². The number of rotatable bonds is 3. The van der Waals surface area contributed by atoms with Crippen LogP contribution in [0.5, 0.6) is 0 Å². The van der Waals surface area contributed by atoms with Gasteiger partial charge in [-0.15, -0.1) is 0 Å². The summed E-state index contributed by atoms with van der Waals surface area (Å²) in [5, 5.41) is 8.79. The summed E-state index contributed by atoms with van der Waals surface area (Å²) in [5.41, 5.74) is 1.01. The minimum Gasteiger partial charge on any atom is -0.380 e. The van der Waals surface area contributed by atoms with Crippen molar-refractivity contribution in [2.75, 3.05) is 25.5 Å². The monoisotopic (exact) mass is 323 g/mol. The second kappa shape index (κ2) is 6.08. The lowest BCUT2D eigenvalue weighted by Crippen LogP contribution is -2.51. The molecule has 0 radical (unpaired) electrons. The number of hydrogen-bond donors (Lipinski definition) is 0. The number of thiophene rings is 1. The Morgan fingerprint density at radius 2 is 2.43 bits per heavy atom. The summed E-state index contributed by atoms with van der Waals surface area (Å²) in [6.45, 7) is 3.60. The Balaban J connectivity index is 1.47. The predicted octanol–water partition coefficient (Wildman–Crippen LogP) is 2.50. The molecule has 2 aliphatic rings. The molecular formula is C14H17N3O2S2. The summed E-state index contributed by atoms with van der Waals surface area (Å²) < 4.78 is 11.0. The van der Waals surface area contributed by atoms with Gasteiger partial charge in [0.15, 0.2) is 5.82 Å². The molecule has 2 atom stereocenters. The highest BCUT2D eigenvalue weighted by molar-refractivity contribution is 8.00. The van der Waals surface area contributed by atoms with Crippen LogP contribution < -0.4 is 0 Å². The molecule has 4 heterocycles. The van der Waals surface area contributed by atoms with E-state index in [0.29, 0.717) is 17.2 Å². The molecular weight excluding hydrogens is 306 g/mol. The van der Waals surface area contributed by atoms with Crippen LogP contribution in [0.4, 0.5) is 0 Å². The number of hydrogen-bond acceptors (Lipinski definition) is 7. The van der Waals surface area contributed by atoms with E-state index >= 15 is 0 Å². The van der Waals surface area contributed by atoms with Gasteiger partial charge in [-0.2, -0.15) is 28.1 Å². The maximum atomic E-state index is 5.59. The average molecular weight is 323 g/mol. The van der Waals surface area contributed by atoms with Crippen LogP contribution in [0.3, 0.4) is 0 Å². The van der Waals surface area contributed by atoms with Crippen molar-refractivity contribution in [1.29, 1.82) is 0 Å². The minimum absolute atomic E-state index is 0.584.